The molecule has 15 aromatic rings. The Kier molecular flexibility index (Phi) is 26.9. The fourth-order valence-corrected chi connectivity index (χ4v) is 23.5. The normalized spacial score (nSPS) is 20.3. The first-order valence-corrected chi connectivity index (χ1v) is 50.2. The van der Waals surface area contributed by atoms with Gasteiger partial charge in [0.15, 0.2) is 11.5 Å². The molecule has 0 aliphatic carbocycles. The topological polar surface area (TPSA) is 281 Å². The third-order valence-electron chi connectivity index (χ3n) is 29.2. The second kappa shape index (κ2) is 40.4. The molecular formula is C114H86Cl7FN14O12. The van der Waals surface area contributed by atoms with Gasteiger partial charge in [-0.1, -0.05) is 238 Å². The first-order chi connectivity index (χ1) is 71.7. The lowest BCUT2D eigenvalue weighted by Crippen LogP contribution is -2.58. The molecule has 5 aromatic heterocycles. The zero-order valence-electron chi connectivity index (χ0n) is 78.6. The number of hydrogen-bond donors (Lipinski definition) is 0. The van der Waals surface area contributed by atoms with Crippen molar-refractivity contribution in [1.29, 1.82) is 0 Å². The van der Waals surface area contributed by atoms with Gasteiger partial charge in [-0.3, -0.25) is 52.9 Å². The van der Waals surface area contributed by atoms with E-state index < -0.39 is 40.0 Å². The second-order valence-electron chi connectivity index (χ2n) is 36.7. The molecule has 148 heavy (non-hydrogen) atoms. The number of rotatable bonds is 11. The van der Waals surface area contributed by atoms with Crippen LogP contribution in [0, 0.1) is 5.82 Å². The van der Waals surface area contributed by atoms with Crippen LogP contribution in [-0.4, -0.2) is 194 Å². The number of furan rings is 1. The Morgan fingerprint density at radius 1 is 0.338 bits per heavy atom. The van der Waals surface area contributed by atoms with Gasteiger partial charge in [-0.2, -0.15) is 0 Å². The van der Waals surface area contributed by atoms with Crippen molar-refractivity contribution in [1.82, 2.24) is 69.1 Å². The molecule has 10 aliphatic rings. The van der Waals surface area contributed by atoms with Gasteiger partial charge in [0, 0.05) is 199 Å². The van der Waals surface area contributed by atoms with E-state index in [9.17, 15) is 52.3 Å². The van der Waals surface area contributed by atoms with E-state index >= 15 is 0 Å². The van der Waals surface area contributed by atoms with Crippen molar-refractivity contribution in [3.63, 3.8) is 0 Å². The molecule has 0 bridgehead atoms. The second-order valence-corrected chi connectivity index (χ2v) is 39.7. The van der Waals surface area contributed by atoms with E-state index in [1.54, 1.807) is 166 Å². The summed E-state index contributed by atoms with van der Waals surface area (Å²) in [4.78, 5) is 164. The molecule has 15 heterocycles. The number of carbonyl (C=O) groups is 10. The Bertz CT molecular complexity index is 7630. The van der Waals surface area contributed by atoms with E-state index in [0.717, 1.165) is 61.2 Å². The van der Waals surface area contributed by atoms with Gasteiger partial charge in [0.05, 0.1) is 29.3 Å². The third kappa shape index (κ3) is 17.2. The van der Waals surface area contributed by atoms with Gasteiger partial charge >= 0.3 is 0 Å². The first-order valence-electron chi connectivity index (χ1n) is 47.6. The number of aromatic nitrogens is 4. The first kappa shape index (κ1) is 98.6. The van der Waals surface area contributed by atoms with Crippen LogP contribution < -0.4 is 0 Å². The monoisotopic (exact) mass is 2110 g/mol. The average Bonchev–Trinajstić information content (AvgIpc) is 1.57. The molecule has 5 saturated heterocycles. The van der Waals surface area contributed by atoms with Crippen LogP contribution in [-0.2, 0) is 65.2 Å². The molecule has 10 aromatic carbocycles. The molecule has 5 unspecified atom stereocenters. The summed E-state index contributed by atoms with van der Waals surface area (Å²) >= 11 is 42.9. The molecule has 0 N–H and O–H groups in total. The minimum atomic E-state index is -1.07. The maximum Gasteiger partial charge on any atom is 0.294 e. The van der Waals surface area contributed by atoms with E-state index in [0.29, 0.717) is 155 Å². The molecule has 34 heteroatoms. The Morgan fingerprint density at radius 3 is 1.03 bits per heavy atom. The maximum absolute atomic E-state index is 14.4. The number of halogens is 8. The zero-order chi connectivity index (χ0) is 103. The number of nitrogens with zero attached hydrogens (tertiary/aromatic N) is 14. The van der Waals surface area contributed by atoms with Crippen LogP contribution in [0.25, 0.3) is 6.08 Å². The highest BCUT2D eigenvalue weighted by Gasteiger charge is 2.62. The standard InChI is InChI=1S/C24H19ClN2O3.2C23H17Cl2N3O2.C23H17ClFN3O2.C21H16ClN3O3/c25-20-8-6-19(7-9-20)24-15-18-3-1-2-4-21(18)23(29)27(24)13-12-26(24)22(28)10-5-17-11-14-30-16-17;24-18-7-5-17(6-8-18)23-14-16-3-1-2-4-19(16)22(30)28(23)12-11-27(23)21(29)15-9-10-26-20(25)13-15;24-17-7-5-16(6-8-17)23-13-15-3-1-2-4-18(15)21(29)27(23)11-12-28(23)22(30)19-9-10-26-14-20(19)25;24-17-9-7-16(8-10-17)23-14-15-4-1-2-5-18(15)21(29)27(23)12-13-28(23)22(30)20-19(25)6-3-11-26-20;22-16-7-5-15(6-8-16)21-13-14-3-1-2-4-17(14)19(26)24(21)11-12-25(21)20(27)18-9-10-23-28-18/h1-11,14,16H,12-13,15H2;1-10,13H,11-12,14H2;1-10,14H,11-13H2;1-11H,12-14H2;1-10H,11-13H2/b10-5+;;;;. The minimum absolute atomic E-state index is 0.0547. The summed E-state index contributed by atoms with van der Waals surface area (Å²) in [6.07, 6.45) is 16.2. The smallest absolute Gasteiger partial charge is 0.294 e. The molecule has 0 spiro atoms. The SMILES string of the molecule is O=C(/C=C/c1ccoc1)N1CCN2C(=O)c3ccccc3CC12c1ccc(Cl)cc1.O=C(c1ccnc(Cl)c1)N1CCN2C(=O)c3ccccc3CC12c1ccc(Cl)cc1.O=C(c1ccncc1Cl)N1CCN2C(=O)c3ccccc3CC12c1ccc(Cl)cc1.O=C(c1ccno1)N1CCN2C(=O)c3ccccc3CC12c1ccc(Cl)cc1.O=C1c2ccccc2CC2(c3ccc(Cl)cc3)N1CCN2C(=O)c1ncccc1F. The van der Waals surface area contributed by atoms with Crippen molar-refractivity contribution in [2.45, 2.75) is 60.4 Å². The van der Waals surface area contributed by atoms with Crippen molar-refractivity contribution in [3.05, 3.63) is 487 Å². The van der Waals surface area contributed by atoms with Crippen LogP contribution in [0.2, 0.25) is 35.3 Å². The highest BCUT2D eigenvalue weighted by atomic mass is 35.5. The predicted molar refractivity (Wildman–Crippen MR) is 554 cm³/mol. The Balaban J connectivity index is 0.000000108. The van der Waals surface area contributed by atoms with Gasteiger partial charge in [0.25, 0.3) is 53.2 Å². The molecule has 0 radical (unpaired) electrons. The van der Waals surface area contributed by atoms with E-state index in [-0.39, 0.29) is 81.3 Å². The van der Waals surface area contributed by atoms with Crippen molar-refractivity contribution in [3.8, 4) is 0 Å². The summed E-state index contributed by atoms with van der Waals surface area (Å²) in [6, 6.07) is 85.0. The van der Waals surface area contributed by atoms with Gasteiger partial charge in [0.2, 0.25) is 11.7 Å². The molecule has 26 nitrogen and oxygen atoms in total. The van der Waals surface area contributed by atoms with Crippen LogP contribution in [0.15, 0.2) is 344 Å². The van der Waals surface area contributed by atoms with E-state index in [4.69, 9.17) is 90.1 Å². The van der Waals surface area contributed by atoms with Crippen LogP contribution >= 0.6 is 81.2 Å². The molecule has 740 valence electrons. The summed E-state index contributed by atoms with van der Waals surface area (Å²) in [7, 11) is 0. The van der Waals surface area contributed by atoms with Crippen LogP contribution in [0.5, 0.6) is 0 Å². The Morgan fingerprint density at radius 2 is 0.689 bits per heavy atom. The van der Waals surface area contributed by atoms with Crippen LogP contribution in [0.4, 0.5) is 4.39 Å². The van der Waals surface area contributed by atoms with Gasteiger partial charge < -0.3 is 57.9 Å². The molecule has 10 amide bonds. The minimum Gasteiger partial charge on any atom is -0.472 e. The fourth-order valence-electron chi connectivity index (χ4n) is 22.5. The average molecular weight is 2110 g/mol. The van der Waals surface area contributed by atoms with Gasteiger partial charge in [0.1, 0.15) is 33.5 Å². The number of carbonyl (C=O) groups excluding carboxylic acids is 10. The molecule has 5 atom stereocenters. The zero-order valence-corrected chi connectivity index (χ0v) is 83.9. The fraction of sp³-hybridized carbons (Fsp3) is 0.175. The number of hydrogen-bond acceptors (Lipinski definition) is 16. The number of pyridine rings is 3. The molecule has 0 saturated carbocycles. The summed E-state index contributed by atoms with van der Waals surface area (Å²) in [5.74, 6) is -2.38. The molecule has 10 aliphatic heterocycles. The van der Waals surface area contributed by atoms with Crippen molar-refractivity contribution in [2.75, 3.05) is 65.4 Å². The summed E-state index contributed by atoms with van der Waals surface area (Å²) in [5, 5.41) is 7.15. The Labute approximate surface area is 883 Å². The Hall–Kier alpha value is -15.5. The highest BCUT2D eigenvalue weighted by Crippen LogP contribution is 2.53. The molecule has 25 rings (SSSR count). The van der Waals surface area contributed by atoms with Gasteiger partial charge in [-0.05, 0) is 189 Å². The van der Waals surface area contributed by atoms with Crippen LogP contribution in [0.3, 0.4) is 0 Å². The lowest BCUT2D eigenvalue weighted by Gasteiger charge is -2.47. The highest BCUT2D eigenvalue weighted by molar-refractivity contribution is 6.34. The lowest BCUT2D eigenvalue weighted by molar-refractivity contribution is -0.134. The van der Waals surface area contributed by atoms with Gasteiger partial charge in [-0.15, -0.1) is 0 Å². The summed E-state index contributed by atoms with van der Waals surface area (Å²) in [6.45, 7) is 4.09. The van der Waals surface area contributed by atoms with E-state index in [1.165, 1.54) is 43.0 Å². The number of benzene rings is 10. The van der Waals surface area contributed by atoms with Crippen LogP contribution in [0.1, 0.15) is 155 Å². The van der Waals surface area contributed by atoms with Crippen molar-refractivity contribution < 1.29 is 61.3 Å². The number of amides is 10. The van der Waals surface area contributed by atoms with E-state index in [1.807, 2.05) is 181 Å². The summed E-state index contributed by atoms with van der Waals surface area (Å²) in [5.41, 5.74) is 8.65. The number of fused-ring (bicyclic) bond motifs is 10. The molecular weight excluding hydrogens is 2020 g/mol. The lowest BCUT2D eigenvalue weighted by atomic mass is 9.83. The van der Waals surface area contributed by atoms with Crippen molar-refractivity contribution >= 4 is 146 Å². The summed E-state index contributed by atoms with van der Waals surface area (Å²) < 4.78 is 24.6. The molecule has 5 fully saturated rings. The van der Waals surface area contributed by atoms with Gasteiger partial charge in [-0.25, -0.2) is 14.4 Å². The largest absolute Gasteiger partial charge is 0.472 e. The maximum atomic E-state index is 14.4. The van der Waals surface area contributed by atoms with E-state index in [2.05, 4.69) is 20.1 Å². The third-order valence-corrected chi connectivity index (χ3v) is 30.9. The quantitative estimate of drug-likeness (QED) is 0.0859. The van der Waals surface area contributed by atoms with Crippen molar-refractivity contribution in [2.24, 2.45) is 0 Å². The predicted octanol–water partition coefficient (Wildman–Crippen LogP) is 20.3.